The van der Waals surface area contributed by atoms with Gasteiger partial charge in [-0.1, -0.05) is 31.4 Å². The Morgan fingerprint density at radius 1 is 1.45 bits per heavy atom. The van der Waals surface area contributed by atoms with Gasteiger partial charge in [-0.05, 0) is 25.3 Å². The first-order chi connectivity index (χ1) is 9.46. The van der Waals surface area contributed by atoms with Crippen molar-refractivity contribution >= 4 is 21.6 Å². The first-order valence-electron chi connectivity index (χ1n) is 6.87. The molecular weight excluding hydrogens is 300 g/mol. The van der Waals surface area contributed by atoms with Crippen molar-refractivity contribution in [2.75, 3.05) is 6.54 Å². The number of nitrogens with one attached hydrogen (secondary N) is 1. The maximum absolute atomic E-state index is 12.7. The Labute approximate surface area is 124 Å². The molecule has 0 aliphatic carbocycles. The van der Waals surface area contributed by atoms with E-state index in [2.05, 4.69) is 11.9 Å². The van der Waals surface area contributed by atoms with Crippen LogP contribution in [0.15, 0.2) is 22.0 Å². The van der Waals surface area contributed by atoms with Crippen molar-refractivity contribution in [3.8, 4) is 0 Å². The number of halogens is 1. The summed E-state index contributed by atoms with van der Waals surface area (Å²) in [6.45, 7) is 2.58. The van der Waals surface area contributed by atoms with Gasteiger partial charge in [0, 0.05) is 18.8 Å². The summed E-state index contributed by atoms with van der Waals surface area (Å²) in [6.07, 6.45) is 5.85. The summed E-state index contributed by atoms with van der Waals surface area (Å²) in [6, 6.07) is 1.28. The topological polar surface area (TPSA) is 70.2 Å². The number of nitrogens with zero attached hydrogens (tertiary/aromatic N) is 1. The highest BCUT2D eigenvalue weighted by Gasteiger charge is 2.33. The molecule has 0 spiro atoms. The average Bonchev–Trinajstić information content (AvgIpc) is 2.42. The summed E-state index contributed by atoms with van der Waals surface area (Å²) in [5.41, 5.74) is -0.477. The summed E-state index contributed by atoms with van der Waals surface area (Å²) in [4.78, 5) is 13.7. The monoisotopic (exact) mass is 318 g/mol. The lowest BCUT2D eigenvalue weighted by molar-refractivity contribution is 0.239. The molecule has 1 unspecified atom stereocenters. The highest BCUT2D eigenvalue weighted by molar-refractivity contribution is 7.89. The Kier molecular flexibility index (Phi) is 4.88. The van der Waals surface area contributed by atoms with Crippen LogP contribution < -0.4 is 5.56 Å². The third-order valence-corrected chi connectivity index (χ3v) is 5.84. The first-order valence-corrected chi connectivity index (χ1v) is 8.68. The molecule has 1 aliphatic rings. The second-order valence-corrected chi connectivity index (χ2v) is 7.36. The van der Waals surface area contributed by atoms with E-state index in [1.165, 1.54) is 12.3 Å². The van der Waals surface area contributed by atoms with Gasteiger partial charge in [0.05, 0.1) is 4.90 Å². The van der Waals surface area contributed by atoms with Gasteiger partial charge < -0.3 is 4.98 Å². The minimum atomic E-state index is -3.59. The third kappa shape index (κ3) is 3.07. The number of piperidine rings is 1. The van der Waals surface area contributed by atoms with Gasteiger partial charge in [-0.2, -0.15) is 4.31 Å². The van der Waals surface area contributed by atoms with Crippen molar-refractivity contribution in [1.82, 2.24) is 9.29 Å². The van der Waals surface area contributed by atoms with Crippen LogP contribution in [-0.4, -0.2) is 30.3 Å². The van der Waals surface area contributed by atoms with Gasteiger partial charge in [-0.25, -0.2) is 8.42 Å². The van der Waals surface area contributed by atoms with Crippen LogP contribution in [0.2, 0.25) is 5.02 Å². The molecule has 1 fully saturated rings. The molecule has 2 heterocycles. The number of aromatic nitrogens is 1. The number of hydrogen-bond acceptors (Lipinski definition) is 3. The number of sulfonamides is 1. The van der Waals surface area contributed by atoms with E-state index >= 15 is 0 Å². The zero-order valence-electron chi connectivity index (χ0n) is 11.4. The van der Waals surface area contributed by atoms with E-state index in [4.69, 9.17) is 11.6 Å². The second-order valence-electron chi connectivity index (χ2n) is 5.07. The van der Waals surface area contributed by atoms with E-state index in [0.29, 0.717) is 6.54 Å². The Bertz CT molecular complexity index is 625. The largest absolute Gasteiger partial charge is 0.326 e. The highest BCUT2D eigenvalue weighted by Crippen LogP contribution is 2.27. The van der Waals surface area contributed by atoms with Crippen molar-refractivity contribution in [3.63, 3.8) is 0 Å². The lowest BCUT2D eigenvalue weighted by Crippen LogP contribution is -2.43. The molecule has 1 saturated heterocycles. The summed E-state index contributed by atoms with van der Waals surface area (Å²) >= 11 is 5.73. The molecule has 20 heavy (non-hydrogen) atoms. The molecule has 1 aromatic rings. The molecule has 1 N–H and O–H groups in total. The van der Waals surface area contributed by atoms with Crippen molar-refractivity contribution in [3.05, 3.63) is 27.6 Å². The van der Waals surface area contributed by atoms with E-state index in [-0.39, 0.29) is 16.0 Å². The Balaban J connectivity index is 2.36. The second kappa shape index (κ2) is 6.28. The number of pyridine rings is 1. The van der Waals surface area contributed by atoms with Gasteiger partial charge in [0.25, 0.3) is 5.56 Å². The minimum Gasteiger partial charge on any atom is -0.326 e. The van der Waals surface area contributed by atoms with E-state index in [9.17, 15) is 13.2 Å². The van der Waals surface area contributed by atoms with Crippen LogP contribution in [0.5, 0.6) is 0 Å². The SMILES string of the molecule is CCCC1CCCCN1S(=O)(=O)c1c[nH]c(=O)c(Cl)c1. The fraction of sp³-hybridized carbons (Fsp3) is 0.615. The van der Waals surface area contributed by atoms with E-state index in [1.54, 1.807) is 4.31 Å². The van der Waals surface area contributed by atoms with Gasteiger partial charge in [-0.15, -0.1) is 0 Å². The highest BCUT2D eigenvalue weighted by atomic mass is 35.5. The Morgan fingerprint density at radius 2 is 2.20 bits per heavy atom. The van der Waals surface area contributed by atoms with Crippen LogP contribution in [0.25, 0.3) is 0 Å². The number of hydrogen-bond donors (Lipinski definition) is 1. The standard InChI is InChI=1S/C13H19ClN2O3S/c1-2-5-10-6-3-4-7-16(10)20(18,19)11-8-12(14)13(17)15-9-11/h8-10H,2-7H2,1H3,(H,15,17). The molecule has 7 heteroatoms. The fourth-order valence-electron chi connectivity index (χ4n) is 2.63. The molecule has 0 bridgehead atoms. The Hall–Kier alpha value is -0.850. The quantitative estimate of drug-likeness (QED) is 0.926. The average molecular weight is 319 g/mol. The van der Waals surface area contributed by atoms with Crippen LogP contribution in [0.1, 0.15) is 39.0 Å². The van der Waals surface area contributed by atoms with Crippen molar-refractivity contribution in [2.24, 2.45) is 0 Å². The van der Waals surface area contributed by atoms with E-state index < -0.39 is 15.6 Å². The molecule has 5 nitrogen and oxygen atoms in total. The molecule has 1 aromatic heterocycles. The molecule has 1 aliphatic heterocycles. The van der Waals surface area contributed by atoms with Crippen molar-refractivity contribution in [2.45, 2.75) is 50.0 Å². The molecule has 0 aromatic carbocycles. The minimum absolute atomic E-state index is 0.0458. The van der Waals surface area contributed by atoms with Gasteiger partial charge >= 0.3 is 0 Å². The van der Waals surface area contributed by atoms with Crippen LogP contribution in [-0.2, 0) is 10.0 Å². The van der Waals surface area contributed by atoms with Gasteiger partial charge in [0.15, 0.2) is 0 Å². The van der Waals surface area contributed by atoms with Crippen LogP contribution in [0.4, 0.5) is 0 Å². The summed E-state index contributed by atoms with van der Waals surface area (Å²) < 4.78 is 26.9. The van der Waals surface area contributed by atoms with E-state index in [1.807, 2.05) is 0 Å². The van der Waals surface area contributed by atoms with Crippen LogP contribution in [0.3, 0.4) is 0 Å². The van der Waals surface area contributed by atoms with Gasteiger partial charge in [-0.3, -0.25) is 4.79 Å². The lowest BCUT2D eigenvalue weighted by atomic mass is 10.0. The summed E-state index contributed by atoms with van der Waals surface area (Å²) in [5.74, 6) is 0. The molecule has 112 valence electrons. The first kappa shape index (κ1) is 15.5. The molecule has 0 radical (unpaired) electrons. The normalized spacial score (nSPS) is 21.0. The third-order valence-electron chi connectivity index (χ3n) is 3.63. The van der Waals surface area contributed by atoms with E-state index in [0.717, 1.165) is 32.1 Å². The lowest BCUT2D eigenvalue weighted by Gasteiger charge is -2.34. The predicted molar refractivity (Wildman–Crippen MR) is 78.5 cm³/mol. The fourth-order valence-corrected chi connectivity index (χ4v) is 4.59. The zero-order chi connectivity index (χ0) is 14.8. The maximum Gasteiger partial charge on any atom is 0.266 e. The molecule has 0 saturated carbocycles. The molecular formula is C13H19ClN2O3S. The Morgan fingerprint density at radius 3 is 2.85 bits per heavy atom. The number of H-pyrrole nitrogens is 1. The van der Waals surface area contributed by atoms with Gasteiger partial charge in [0.2, 0.25) is 10.0 Å². The predicted octanol–water partition coefficient (Wildman–Crippen LogP) is 2.37. The molecule has 0 amide bonds. The smallest absolute Gasteiger partial charge is 0.266 e. The van der Waals surface area contributed by atoms with Crippen molar-refractivity contribution < 1.29 is 8.42 Å². The zero-order valence-corrected chi connectivity index (χ0v) is 13.0. The van der Waals surface area contributed by atoms with Crippen LogP contribution in [0, 0.1) is 0 Å². The summed E-state index contributed by atoms with van der Waals surface area (Å²) in [5, 5.41) is -0.102. The maximum atomic E-state index is 12.7. The van der Waals surface area contributed by atoms with Gasteiger partial charge in [0.1, 0.15) is 5.02 Å². The molecule has 2 rings (SSSR count). The molecule has 1 atom stereocenters. The summed E-state index contributed by atoms with van der Waals surface area (Å²) in [7, 11) is -3.59. The van der Waals surface area contributed by atoms with Crippen molar-refractivity contribution in [1.29, 1.82) is 0 Å². The number of rotatable bonds is 4. The number of aromatic amines is 1. The van der Waals surface area contributed by atoms with Crippen LogP contribution >= 0.6 is 11.6 Å².